The molecule has 0 spiro atoms. The summed E-state index contributed by atoms with van der Waals surface area (Å²) in [5.74, 6) is 0. The van der Waals surface area contributed by atoms with E-state index in [1.54, 1.807) is 0 Å². The van der Waals surface area contributed by atoms with Crippen molar-refractivity contribution in [1.82, 2.24) is 5.32 Å². The average molecular weight is 264 g/mol. The van der Waals surface area contributed by atoms with Gasteiger partial charge in [0.15, 0.2) is 0 Å². The summed E-state index contributed by atoms with van der Waals surface area (Å²) in [4.78, 5) is 11.8. The number of amides is 1. The van der Waals surface area contributed by atoms with Gasteiger partial charge in [0.1, 0.15) is 5.60 Å². The van der Waals surface area contributed by atoms with Gasteiger partial charge in [-0.25, -0.2) is 4.79 Å². The van der Waals surface area contributed by atoms with Crippen molar-refractivity contribution in [2.75, 3.05) is 6.54 Å². The number of nitrogens with two attached hydrogens (primary N) is 1. The number of carbonyl (C=O) groups is 1. The van der Waals surface area contributed by atoms with Crippen molar-refractivity contribution in [3.8, 4) is 0 Å². The van der Waals surface area contributed by atoms with Crippen molar-refractivity contribution in [3.05, 3.63) is 35.9 Å². The van der Waals surface area contributed by atoms with Crippen molar-refractivity contribution in [3.63, 3.8) is 0 Å². The second-order valence-corrected chi connectivity index (χ2v) is 5.54. The van der Waals surface area contributed by atoms with Gasteiger partial charge < -0.3 is 15.8 Å². The van der Waals surface area contributed by atoms with E-state index in [2.05, 4.69) is 5.32 Å². The smallest absolute Gasteiger partial charge is 0.408 e. The van der Waals surface area contributed by atoms with Crippen LogP contribution in [0.2, 0.25) is 0 Å². The van der Waals surface area contributed by atoms with Crippen LogP contribution in [0.3, 0.4) is 0 Å². The summed E-state index contributed by atoms with van der Waals surface area (Å²) in [5, 5.41) is 2.91. The van der Waals surface area contributed by atoms with Crippen LogP contribution in [-0.4, -0.2) is 18.2 Å². The molecule has 1 aromatic rings. The molecule has 1 rings (SSSR count). The van der Waals surface area contributed by atoms with E-state index in [1.807, 2.05) is 51.1 Å². The monoisotopic (exact) mass is 264 g/mol. The van der Waals surface area contributed by atoms with Gasteiger partial charge in [-0.15, -0.1) is 0 Å². The van der Waals surface area contributed by atoms with Gasteiger partial charge in [0.25, 0.3) is 0 Å². The Kier molecular flexibility index (Phi) is 5.83. The molecule has 0 aliphatic heterocycles. The van der Waals surface area contributed by atoms with Crippen molar-refractivity contribution in [2.45, 2.75) is 45.3 Å². The first-order chi connectivity index (χ1) is 8.92. The average Bonchev–Trinajstić information content (AvgIpc) is 2.33. The first kappa shape index (κ1) is 15.5. The molecule has 4 nitrogen and oxygen atoms in total. The van der Waals surface area contributed by atoms with Gasteiger partial charge in [0, 0.05) is 0 Å². The van der Waals surface area contributed by atoms with Crippen LogP contribution in [0.5, 0.6) is 0 Å². The molecule has 0 heterocycles. The van der Waals surface area contributed by atoms with Crippen molar-refractivity contribution in [1.29, 1.82) is 0 Å². The number of hydrogen-bond donors (Lipinski definition) is 2. The van der Waals surface area contributed by atoms with E-state index in [0.717, 1.165) is 18.4 Å². The number of hydrogen-bond acceptors (Lipinski definition) is 3. The molecule has 1 amide bonds. The fourth-order valence-electron chi connectivity index (χ4n) is 1.78. The standard InChI is InChI=1S/C15H24N2O2/c1-15(2,3)19-14(18)17-13(10-7-11-16)12-8-5-4-6-9-12/h4-6,8-9,13H,7,10-11,16H2,1-3H3,(H,17,18). The summed E-state index contributed by atoms with van der Waals surface area (Å²) in [6.45, 7) is 6.16. The molecule has 0 saturated carbocycles. The Morgan fingerprint density at radius 1 is 1.32 bits per heavy atom. The maximum absolute atomic E-state index is 11.8. The molecule has 0 radical (unpaired) electrons. The van der Waals surface area contributed by atoms with Crippen LogP contribution in [0.25, 0.3) is 0 Å². The SMILES string of the molecule is CC(C)(C)OC(=O)NC(CCCN)c1ccccc1. The van der Waals surface area contributed by atoms with Gasteiger partial charge in [-0.2, -0.15) is 0 Å². The van der Waals surface area contributed by atoms with Gasteiger partial charge in [-0.05, 0) is 45.7 Å². The topological polar surface area (TPSA) is 64.3 Å². The van der Waals surface area contributed by atoms with Crippen molar-refractivity contribution >= 4 is 6.09 Å². The lowest BCUT2D eigenvalue weighted by Crippen LogP contribution is -2.35. The molecule has 1 unspecified atom stereocenters. The van der Waals surface area contributed by atoms with E-state index in [0.29, 0.717) is 6.54 Å². The molecule has 106 valence electrons. The molecule has 0 aliphatic rings. The molecule has 1 atom stereocenters. The maximum atomic E-state index is 11.8. The predicted molar refractivity (Wildman–Crippen MR) is 76.8 cm³/mol. The lowest BCUT2D eigenvalue weighted by molar-refractivity contribution is 0.0500. The highest BCUT2D eigenvalue weighted by atomic mass is 16.6. The number of carbonyl (C=O) groups excluding carboxylic acids is 1. The normalized spacial score (nSPS) is 12.8. The number of alkyl carbamates (subject to hydrolysis) is 1. The summed E-state index contributed by atoms with van der Waals surface area (Å²) in [6.07, 6.45) is 1.27. The largest absolute Gasteiger partial charge is 0.444 e. The van der Waals surface area contributed by atoms with E-state index in [9.17, 15) is 4.79 Å². The molecule has 0 saturated heterocycles. The fraction of sp³-hybridized carbons (Fsp3) is 0.533. The minimum Gasteiger partial charge on any atom is -0.444 e. The van der Waals surface area contributed by atoms with Gasteiger partial charge in [0.05, 0.1) is 6.04 Å². The summed E-state index contributed by atoms with van der Waals surface area (Å²) in [6, 6.07) is 9.82. The van der Waals surface area contributed by atoms with E-state index < -0.39 is 11.7 Å². The zero-order valence-electron chi connectivity index (χ0n) is 12.0. The van der Waals surface area contributed by atoms with Crippen LogP contribution in [0.15, 0.2) is 30.3 Å². The van der Waals surface area contributed by atoms with Crippen LogP contribution >= 0.6 is 0 Å². The first-order valence-corrected chi connectivity index (χ1v) is 6.67. The molecule has 4 heteroatoms. The summed E-state index contributed by atoms with van der Waals surface area (Å²) in [7, 11) is 0. The third kappa shape index (κ3) is 6.25. The van der Waals surface area contributed by atoms with Crippen molar-refractivity contribution < 1.29 is 9.53 Å². The number of nitrogens with one attached hydrogen (secondary N) is 1. The van der Waals surface area contributed by atoms with Crippen LogP contribution in [-0.2, 0) is 4.74 Å². The zero-order chi connectivity index (χ0) is 14.3. The zero-order valence-corrected chi connectivity index (χ0v) is 12.0. The first-order valence-electron chi connectivity index (χ1n) is 6.67. The van der Waals surface area contributed by atoms with Crippen LogP contribution < -0.4 is 11.1 Å². The van der Waals surface area contributed by atoms with E-state index in [1.165, 1.54) is 0 Å². The van der Waals surface area contributed by atoms with E-state index in [-0.39, 0.29) is 6.04 Å². The predicted octanol–water partition coefficient (Wildman–Crippen LogP) is 2.99. The molecule has 3 N–H and O–H groups in total. The van der Waals surface area contributed by atoms with E-state index in [4.69, 9.17) is 10.5 Å². The Morgan fingerprint density at radius 2 is 1.95 bits per heavy atom. The Balaban J connectivity index is 2.67. The highest BCUT2D eigenvalue weighted by Gasteiger charge is 2.20. The van der Waals surface area contributed by atoms with Gasteiger partial charge in [-0.3, -0.25) is 0 Å². The second kappa shape index (κ2) is 7.14. The molecule has 0 fully saturated rings. The number of ether oxygens (including phenoxy) is 1. The Labute approximate surface area is 115 Å². The van der Waals surface area contributed by atoms with Crippen LogP contribution in [0.1, 0.15) is 45.2 Å². The highest BCUT2D eigenvalue weighted by Crippen LogP contribution is 2.19. The summed E-state index contributed by atoms with van der Waals surface area (Å²) in [5.41, 5.74) is 6.13. The fourth-order valence-corrected chi connectivity index (χ4v) is 1.78. The molecule has 0 bridgehead atoms. The Morgan fingerprint density at radius 3 is 2.47 bits per heavy atom. The lowest BCUT2D eigenvalue weighted by atomic mass is 10.0. The van der Waals surface area contributed by atoms with E-state index >= 15 is 0 Å². The minimum atomic E-state index is -0.487. The van der Waals surface area contributed by atoms with Gasteiger partial charge >= 0.3 is 6.09 Å². The lowest BCUT2D eigenvalue weighted by Gasteiger charge is -2.24. The molecule has 19 heavy (non-hydrogen) atoms. The third-order valence-corrected chi connectivity index (χ3v) is 2.59. The van der Waals surface area contributed by atoms with Crippen molar-refractivity contribution in [2.24, 2.45) is 5.73 Å². The minimum absolute atomic E-state index is 0.0559. The number of benzene rings is 1. The maximum Gasteiger partial charge on any atom is 0.408 e. The molecule has 1 aromatic carbocycles. The second-order valence-electron chi connectivity index (χ2n) is 5.54. The van der Waals surface area contributed by atoms with Gasteiger partial charge in [0.2, 0.25) is 0 Å². The number of rotatable bonds is 5. The molecular weight excluding hydrogens is 240 g/mol. The molecule has 0 aromatic heterocycles. The third-order valence-electron chi connectivity index (χ3n) is 2.59. The van der Waals surface area contributed by atoms with Crippen LogP contribution in [0, 0.1) is 0 Å². The van der Waals surface area contributed by atoms with Crippen LogP contribution in [0.4, 0.5) is 4.79 Å². The molecule has 0 aliphatic carbocycles. The summed E-state index contributed by atoms with van der Waals surface area (Å²) >= 11 is 0. The van der Waals surface area contributed by atoms with Gasteiger partial charge in [-0.1, -0.05) is 30.3 Å². The molecular formula is C15H24N2O2. The highest BCUT2D eigenvalue weighted by molar-refractivity contribution is 5.68. The quantitative estimate of drug-likeness (QED) is 0.859. The Hall–Kier alpha value is -1.55. The summed E-state index contributed by atoms with van der Waals surface area (Å²) < 4.78 is 5.29. The Bertz CT molecular complexity index is 385.